The molecule has 0 fully saturated rings. The Morgan fingerprint density at radius 3 is 1.73 bits per heavy atom. The van der Waals surface area contributed by atoms with Crippen LogP contribution in [0.25, 0.3) is 5.57 Å². The Balaban J connectivity index is 1.69. The number of para-hydroxylation sites is 1. The summed E-state index contributed by atoms with van der Waals surface area (Å²) in [7, 11) is 4.33. The molecule has 0 atom stereocenters. The zero-order valence-corrected chi connectivity index (χ0v) is 27.8. The summed E-state index contributed by atoms with van der Waals surface area (Å²) in [5, 5.41) is 2.64. The summed E-state index contributed by atoms with van der Waals surface area (Å²) in [6, 6.07) is 34.6. The van der Waals surface area contributed by atoms with Gasteiger partial charge in [0, 0.05) is 73.8 Å². The lowest BCUT2D eigenvalue weighted by molar-refractivity contribution is 0.394. The van der Waals surface area contributed by atoms with Gasteiger partial charge in [-0.25, -0.2) is 0 Å². The number of aryl methyl sites for hydroxylation is 2. The minimum absolute atomic E-state index is 1.01. The molecule has 44 heavy (non-hydrogen) atoms. The van der Waals surface area contributed by atoms with E-state index in [1.54, 1.807) is 0 Å². The third-order valence-electron chi connectivity index (χ3n) is 9.16. The molecule has 5 rings (SSSR count). The first-order valence-corrected chi connectivity index (χ1v) is 16.7. The summed E-state index contributed by atoms with van der Waals surface area (Å²) in [5.74, 6) is 0. The van der Waals surface area contributed by atoms with Gasteiger partial charge >= 0.3 is 0 Å². The Kier molecular flexibility index (Phi) is 10.6. The highest BCUT2D eigenvalue weighted by molar-refractivity contribution is 5.81. The monoisotopic (exact) mass is 587 g/mol. The standard InChI is InChI=1S/C40H51N4/c1-7-42(8-2)36-23-18-32(19-24-36)40(33-20-25-37(26-21-33)43(9-3)10-4)35-22-27-39-34(30-35)17-16-31-14-11-12-15-38(31)44(39)29-13-28-41(5)6/h11-12,14-15,18-27,30H,7-10,13,16-17,28-29H2,1-6H3/q+1. The molecule has 0 spiro atoms. The molecule has 0 bridgehead atoms. The maximum atomic E-state index is 2.57. The van der Waals surface area contributed by atoms with Gasteiger partial charge in [0.1, 0.15) is 0 Å². The molecule has 4 aromatic rings. The topological polar surface area (TPSA) is 12.7 Å². The van der Waals surface area contributed by atoms with Crippen molar-refractivity contribution in [2.24, 2.45) is 0 Å². The van der Waals surface area contributed by atoms with Crippen LogP contribution in [-0.4, -0.2) is 58.3 Å². The van der Waals surface area contributed by atoms with Crippen LogP contribution in [0.5, 0.6) is 0 Å². The number of rotatable bonds is 12. The van der Waals surface area contributed by atoms with E-state index in [1.165, 1.54) is 55.5 Å². The Morgan fingerprint density at radius 2 is 1.18 bits per heavy atom. The zero-order valence-electron chi connectivity index (χ0n) is 27.8. The van der Waals surface area contributed by atoms with E-state index in [-0.39, 0.29) is 0 Å². The number of anilines is 2. The van der Waals surface area contributed by atoms with Gasteiger partial charge in [-0.2, -0.15) is 4.58 Å². The average Bonchev–Trinajstić information content (AvgIpc) is 3.20. The summed E-state index contributed by atoms with van der Waals surface area (Å²) in [4.78, 5) is 7.10. The molecule has 1 aliphatic heterocycles. The lowest BCUT2D eigenvalue weighted by Crippen LogP contribution is -2.32. The van der Waals surface area contributed by atoms with Gasteiger partial charge < -0.3 is 14.7 Å². The van der Waals surface area contributed by atoms with Crippen molar-refractivity contribution in [3.05, 3.63) is 124 Å². The average molecular weight is 588 g/mol. The van der Waals surface area contributed by atoms with Crippen LogP contribution >= 0.6 is 0 Å². The van der Waals surface area contributed by atoms with Gasteiger partial charge in [0.05, 0.1) is 0 Å². The summed E-state index contributed by atoms with van der Waals surface area (Å²) in [6.07, 6.45) is 3.22. The predicted octanol–water partition coefficient (Wildman–Crippen LogP) is 6.50. The predicted molar refractivity (Wildman–Crippen MR) is 190 cm³/mol. The first-order chi connectivity index (χ1) is 21.5. The molecule has 0 amide bonds. The van der Waals surface area contributed by atoms with Crippen LogP contribution in [0, 0.1) is 0 Å². The van der Waals surface area contributed by atoms with Crippen LogP contribution in [0.2, 0.25) is 0 Å². The molecular formula is C40H51N4+. The molecule has 0 saturated heterocycles. The van der Waals surface area contributed by atoms with E-state index in [9.17, 15) is 0 Å². The molecule has 0 saturated carbocycles. The summed E-state index contributed by atoms with van der Waals surface area (Å²) < 4.78 is 2.57. The van der Waals surface area contributed by atoms with Crippen LogP contribution in [0.1, 0.15) is 56.4 Å². The van der Waals surface area contributed by atoms with Crippen LogP contribution in [0.15, 0.2) is 91.0 Å². The van der Waals surface area contributed by atoms with Crippen LogP contribution in [0.4, 0.5) is 17.1 Å². The molecule has 0 aromatic heterocycles. The van der Waals surface area contributed by atoms with Crippen molar-refractivity contribution in [3.8, 4) is 0 Å². The van der Waals surface area contributed by atoms with Gasteiger partial charge in [0.15, 0.2) is 6.54 Å². The molecule has 1 heterocycles. The molecule has 230 valence electrons. The van der Waals surface area contributed by atoms with Crippen molar-refractivity contribution >= 4 is 22.6 Å². The Hall–Kier alpha value is -3.89. The Labute approximate surface area is 265 Å². The third-order valence-corrected chi connectivity index (χ3v) is 9.16. The van der Waals surface area contributed by atoms with E-state index in [1.807, 2.05) is 0 Å². The van der Waals surface area contributed by atoms with Crippen LogP contribution in [-0.2, 0) is 12.8 Å². The second-order valence-corrected chi connectivity index (χ2v) is 12.1. The summed E-state index contributed by atoms with van der Waals surface area (Å²) in [6.45, 7) is 15.0. The number of fused-ring (bicyclic) bond motifs is 2. The maximum Gasteiger partial charge on any atom is 0.208 e. The number of hydrogen-bond acceptors (Lipinski definition) is 3. The lowest BCUT2D eigenvalue weighted by Gasteiger charge is -2.22. The SMILES string of the molecule is CCN(CC)c1ccc(C(c2ccc(N(CC)CC)cc2)=c2ccc3c(c2)CCc2ccccc2[N+]=3CCCN(C)C)cc1. The minimum Gasteiger partial charge on any atom is -0.372 e. The third kappa shape index (κ3) is 6.92. The Morgan fingerprint density at radius 1 is 0.636 bits per heavy atom. The van der Waals surface area contributed by atoms with Crippen molar-refractivity contribution in [1.82, 2.24) is 9.48 Å². The highest BCUT2D eigenvalue weighted by Crippen LogP contribution is 2.27. The number of hydrogen-bond donors (Lipinski definition) is 0. The van der Waals surface area contributed by atoms with Crippen molar-refractivity contribution in [1.29, 1.82) is 0 Å². The van der Waals surface area contributed by atoms with Gasteiger partial charge in [0.25, 0.3) is 0 Å². The Bertz CT molecular complexity index is 1590. The number of benzene rings is 4. The van der Waals surface area contributed by atoms with Crippen molar-refractivity contribution in [2.75, 3.05) is 63.2 Å². The normalized spacial score (nSPS) is 12.5. The number of nitrogens with zero attached hydrogens (tertiary/aromatic N) is 4. The fourth-order valence-electron chi connectivity index (χ4n) is 6.73. The molecule has 4 heteroatoms. The largest absolute Gasteiger partial charge is 0.372 e. The van der Waals surface area contributed by atoms with E-state index in [0.717, 1.165) is 58.5 Å². The maximum absolute atomic E-state index is 2.57. The fourth-order valence-corrected chi connectivity index (χ4v) is 6.73. The van der Waals surface area contributed by atoms with Gasteiger partial charge in [0.2, 0.25) is 11.0 Å². The molecule has 0 N–H and O–H groups in total. The van der Waals surface area contributed by atoms with Gasteiger partial charge in [-0.1, -0.05) is 42.5 Å². The van der Waals surface area contributed by atoms with E-state index >= 15 is 0 Å². The molecule has 0 radical (unpaired) electrons. The minimum atomic E-state index is 1.01. The summed E-state index contributed by atoms with van der Waals surface area (Å²) >= 11 is 0. The van der Waals surface area contributed by atoms with Crippen LogP contribution < -0.4 is 25.0 Å². The first kappa shape index (κ1) is 31.5. The van der Waals surface area contributed by atoms with E-state index < -0.39 is 0 Å². The molecular weight excluding hydrogens is 536 g/mol. The van der Waals surface area contributed by atoms with Gasteiger partial charge in [-0.3, -0.25) is 0 Å². The summed E-state index contributed by atoms with van der Waals surface area (Å²) in [5.41, 5.74) is 10.6. The van der Waals surface area contributed by atoms with E-state index in [2.05, 4.69) is 152 Å². The molecule has 4 nitrogen and oxygen atoms in total. The van der Waals surface area contributed by atoms with Crippen molar-refractivity contribution < 1.29 is 0 Å². The smallest absolute Gasteiger partial charge is 0.208 e. The first-order valence-electron chi connectivity index (χ1n) is 16.7. The van der Waals surface area contributed by atoms with E-state index in [4.69, 9.17) is 0 Å². The lowest BCUT2D eigenvalue weighted by atomic mass is 9.93. The van der Waals surface area contributed by atoms with Crippen LogP contribution in [0.3, 0.4) is 0 Å². The molecule has 0 unspecified atom stereocenters. The molecule has 0 aliphatic carbocycles. The van der Waals surface area contributed by atoms with E-state index in [0.29, 0.717) is 0 Å². The second kappa shape index (κ2) is 14.7. The fraction of sp³-hybridized carbons (Fsp3) is 0.375. The quantitative estimate of drug-likeness (QED) is 0.176. The highest BCUT2D eigenvalue weighted by atomic mass is 15.1. The van der Waals surface area contributed by atoms with Crippen molar-refractivity contribution in [3.63, 3.8) is 0 Å². The second-order valence-electron chi connectivity index (χ2n) is 12.1. The molecule has 4 aromatic carbocycles. The molecule has 1 aliphatic rings. The zero-order chi connectivity index (χ0) is 31.1. The van der Waals surface area contributed by atoms with Gasteiger partial charge in [-0.05, 0) is 113 Å². The van der Waals surface area contributed by atoms with Gasteiger partial charge in [-0.15, -0.1) is 0 Å². The highest BCUT2D eigenvalue weighted by Gasteiger charge is 2.22. The van der Waals surface area contributed by atoms with Crippen molar-refractivity contribution in [2.45, 2.75) is 47.0 Å².